The van der Waals surface area contributed by atoms with Crippen LogP contribution in [0.3, 0.4) is 0 Å². The van der Waals surface area contributed by atoms with E-state index < -0.39 is 12.0 Å². The molecule has 0 aliphatic carbocycles. The number of nitrogens with zero attached hydrogens (tertiary/aromatic N) is 2. The zero-order valence-corrected chi connectivity index (χ0v) is 11.6. The minimum absolute atomic E-state index is 0.161. The maximum absolute atomic E-state index is 12.2. The molecular weight excluding hydrogens is 246 g/mol. The average Bonchev–Trinajstić information content (AvgIpc) is 2.83. The lowest BCUT2D eigenvalue weighted by atomic mass is 9.99. The molecule has 3 atom stereocenters. The van der Waals surface area contributed by atoms with Crippen LogP contribution in [0, 0.1) is 0 Å². The first kappa shape index (κ1) is 14.1. The second kappa shape index (κ2) is 5.77. The molecule has 0 saturated carbocycles. The lowest BCUT2D eigenvalue weighted by molar-refractivity contribution is -0.141. The van der Waals surface area contributed by atoms with E-state index in [9.17, 15) is 9.59 Å². The Morgan fingerprint density at radius 2 is 2.00 bits per heavy atom. The fourth-order valence-electron chi connectivity index (χ4n) is 2.94. The number of rotatable bonds is 2. The number of carbonyl (C=O) groups excluding carboxylic acids is 1. The molecule has 2 heterocycles. The third-order valence-electron chi connectivity index (χ3n) is 4.33. The maximum Gasteiger partial charge on any atom is 0.326 e. The maximum atomic E-state index is 12.2. The summed E-state index contributed by atoms with van der Waals surface area (Å²) >= 11 is 0. The Balaban J connectivity index is 1.89. The summed E-state index contributed by atoms with van der Waals surface area (Å²) in [6, 6.07) is -0.253. The summed E-state index contributed by atoms with van der Waals surface area (Å²) in [5, 5.41) is 12.1. The van der Waals surface area contributed by atoms with E-state index >= 15 is 0 Å². The summed E-state index contributed by atoms with van der Waals surface area (Å²) in [5.41, 5.74) is 0. The Morgan fingerprint density at radius 3 is 2.63 bits per heavy atom. The highest BCUT2D eigenvalue weighted by Crippen LogP contribution is 2.19. The van der Waals surface area contributed by atoms with Crippen LogP contribution in [-0.4, -0.2) is 65.2 Å². The summed E-state index contributed by atoms with van der Waals surface area (Å²) in [7, 11) is 2.09. The van der Waals surface area contributed by atoms with Crippen LogP contribution >= 0.6 is 0 Å². The number of carboxylic acid groups (broad SMARTS) is 1. The lowest BCUT2D eigenvalue weighted by Gasteiger charge is -2.36. The van der Waals surface area contributed by atoms with E-state index in [0.29, 0.717) is 19.0 Å². The van der Waals surface area contributed by atoms with Crippen molar-refractivity contribution in [3.8, 4) is 0 Å². The Morgan fingerprint density at radius 1 is 1.26 bits per heavy atom. The highest BCUT2D eigenvalue weighted by Gasteiger charge is 2.35. The topological polar surface area (TPSA) is 72.9 Å². The Labute approximate surface area is 113 Å². The zero-order chi connectivity index (χ0) is 14.0. The average molecular weight is 269 g/mol. The Bertz CT molecular complexity index is 361. The lowest BCUT2D eigenvalue weighted by Crippen LogP contribution is -2.52. The van der Waals surface area contributed by atoms with Crippen LogP contribution in [0.15, 0.2) is 0 Å². The number of aliphatic carboxylic acids is 1. The van der Waals surface area contributed by atoms with Gasteiger partial charge in [0.1, 0.15) is 6.04 Å². The smallest absolute Gasteiger partial charge is 0.326 e. The molecule has 2 rings (SSSR count). The van der Waals surface area contributed by atoms with E-state index in [1.807, 2.05) is 0 Å². The van der Waals surface area contributed by atoms with Crippen molar-refractivity contribution in [1.82, 2.24) is 15.1 Å². The van der Waals surface area contributed by atoms with Crippen molar-refractivity contribution < 1.29 is 14.7 Å². The van der Waals surface area contributed by atoms with Gasteiger partial charge < -0.3 is 20.2 Å². The SMILES string of the molecule is CC1CC(NC(=O)N2CCCC2C(=O)O)CCN1C. The molecule has 2 fully saturated rings. The molecule has 108 valence electrons. The number of piperidine rings is 1. The first-order valence-electron chi connectivity index (χ1n) is 6.99. The molecule has 0 bridgehead atoms. The number of urea groups is 1. The van der Waals surface area contributed by atoms with Crippen LogP contribution in [0.5, 0.6) is 0 Å². The van der Waals surface area contributed by atoms with Gasteiger partial charge in [-0.3, -0.25) is 0 Å². The number of hydrogen-bond donors (Lipinski definition) is 2. The number of likely N-dealkylation sites (tertiary alicyclic amines) is 2. The van der Waals surface area contributed by atoms with E-state index in [-0.39, 0.29) is 12.1 Å². The number of amides is 2. The van der Waals surface area contributed by atoms with Gasteiger partial charge in [0.15, 0.2) is 0 Å². The van der Waals surface area contributed by atoms with Crippen molar-refractivity contribution in [2.24, 2.45) is 0 Å². The molecule has 6 heteroatoms. The number of carbonyl (C=O) groups is 2. The van der Waals surface area contributed by atoms with Crippen LogP contribution in [0.25, 0.3) is 0 Å². The molecule has 19 heavy (non-hydrogen) atoms. The monoisotopic (exact) mass is 269 g/mol. The number of carboxylic acids is 1. The summed E-state index contributed by atoms with van der Waals surface area (Å²) in [5.74, 6) is -0.899. The van der Waals surface area contributed by atoms with Crippen molar-refractivity contribution in [1.29, 1.82) is 0 Å². The zero-order valence-electron chi connectivity index (χ0n) is 11.6. The molecule has 3 unspecified atom stereocenters. The predicted octanol–water partition coefficient (Wildman–Crippen LogP) is 0.728. The van der Waals surface area contributed by atoms with Crippen LogP contribution in [0.1, 0.15) is 32.6 Å². The molecule has 2 amide bonds. The highest BCUT2D eigenvalue weighted by molar-refractivity contribution is 5.83. The Hall–Kier alpha value is -1.30. The summed E-state index contributed by atoms with van der Waals surface area (Å²) in [4.78, 5) is 27.0. The molecule has 0 aromatic rings. The normalized spacial score (nSPS) is 32.3. The molecule has 6 nitrogen and oxygen atoms in total. The van der Waals surface area contributed by atoms with Gasteiger partial charge in [-0.15, -0.1) is 0 Å². The summed E-state index contributed by atoms with van der Waals surface area (Å²) in [6.07, 6.45) is 3.19. The molecule has 2 saturated heterocycles. The van der Waals surface area contributed by atoms with E-state index in [0.717, 1.165) is 25.8 Å². The standard InChI is InChI=1S/C13H23N3O3/c1-9-8-10(5-7-15(9)2)14-13(19)16-6-3-4-11(16)12(17)18/h9-11H,3-8H2,1-2H3,(H,14,19)(H,17,18). The van der Waals surface area contributed by atoms with Gasteiger partial charge in [0.25, 0.3) is 0 Å². The fourth-order valence-corrected chi connectivity index (χ4v) is 2.94. The van der Waals surface area contributed by atoms with Crippen molar-refractivity contribution >= 4 is 12.0 Å². The van der Waals surface area contributed by atoms with Gasteiger partial charge in [0.05, 0.1) is 0 Å². The quantitative estimate of drug-likeness (QED) is 0.775. The molecule has 0 aromatic carbocycles. The van der Waals surface area contributed by atoms with E-state index in [1.54, 1.807) is 0 Å². The first-order valence-corrected chi connectivity index (χ1v) is 6.99. The summed E-state index contributed by atoms with van der Waals surface area (Å²) < 4.78 is 0. The van der Waals surface area contributed by atoms with Crippen molar-refractivity contribution in [2.45, 2.75) is 50.7 Å². The van der Waals surface area contributed by atoms with Gasteiger partial charge in [0.2, 0.25) is 0 Å². The van der Waals surface area contributed by atoms with Crippen molar-refractivity contribution in [2.75, 3.05) is 20.1 Å². The minimum Gasteiger partial charge on any atom is -0.480 e. The van der Waals surface area contributed by atoms with Crippen molar-refractivity contribution in [3.63, 3.8) is 0 Å². The van der Waals surface area contributed by atoms with Crippen LogP contribution < -0.4 is 5.32 Å². The van der Waals surface area contributed by atoms with Gasteiger partial charge in [-0.2, -0.15) is 0 Å². The number of hydrogen-bond acceptors (Lipinski definition) is 3. The first-order chi connectivity index (χ1) is 8.99. The van der Waals surface area contributed by atoms with Crippen molar-refractivity contribution in [3.05, 3.63) is 0 Å². The van der Waals surface area contributed by atoms with Gasteiger partial charge in [-0.1, -0.05) is 0 Å². The van der Waals surface area contributed by atoms with E-state index in [2.05, 4.69) is 24.2 Å². The van der Waals surface area contributed by atoms with Gasteiger partial charge in [-0.05, 0) is 39.7 Å². The van der Waals surface area contributed by atoms with Crippen LogP contribution in [-0.2, 0) is 4.79 Å². The molecule has 0 spiro atoms. The minimum atomic E-state index is -0.899. The van der Waals surface area contributed by atoms with Gasteiger partial charge in [0, 0.05) is 25.2 Å². The van der Waals surface area contributed by atoms with Crippen LogP contribution in [0.2, 0.25) is 0 Å². The second-order valence-corrected chi connectivity index (χ2v) is 5.69. The van der Waals surface area contributed by atoms with Gasteiger partial charge in [-0.25, -0.2) is 9.59 Å². The fraction of sp³-hybridized carbons (Fsp3) is 0.846. The van der Waals surface area contributed by atoms with Crippen LogP contribution in [0.4, 0.5) is 4.79 Å². The summed E-state index contributed by atoms with van der Waals surface area (Å²) in [6.45, 7) is 3.66. The third kappa shape index (κ3) is 3.18. The predicted molar refractivity (Wildman–Crippen MR) is 71.0 cm³/mol. The molecule has 2 N–H and O–H groups in total. The Kier molecular flexibility index (Phi) is 4.29. The second-order valence-electron chi connectivity index (χ2n) is 5.69. The van der Waals surface area contributed by atoms with E-state index in [4.69, 9.17) is 5.11 Å². The molecule has 0 radical (unpaired) electrons. The molecule has 2 aliphatic rings. The number of nitrogens with one attached hydrogen (secondary N) is 1. The van der Waals surface area contributed by atoms with E-state index in [1.165, 1.54) is 4.90 Å². The third-order valence-corrected chi connectivity index (χ3v) is 4.33. The molecule has 0 aromatic heterocycles. The largest absolute Gasteiger partial charge is 0.480 e. The molecule has 2 aliphatic heterocycles. The molecular formula is C13H23N3O3. The van der Waals surface area contributed by atoms with Gasteiger partial charge >= 0.3 is 12.0 Å². The highest BCUT2D eigenvalue weighted by atomic mass is 16.4.